The summed E-state index contributed by atoms with van der Waals surface area (Å²) in [5.74, 6) is 0. The van der Waals surface area contributed by atoms with Crippen molar-refractivity contribution in [2.75, 3.05) is 5.32 Å². The summed E-state index contributed by atoms with van der Waals surface area (Å²) in [6.45, 7) is 10.7. The van der Waals surface area contributed by atoms with Crippen molar-refractivity contribution in [1.82, 2.24) is 0 Å². The largest absolute Gasteiger partial charge is 0.381 e. The van der Waals surface area contributed by atoms with Gasteiger partial charge >= 0.3 is 0 Å². The van der Waals surface area contributed by atoms with E-state index in [4.69, 9.17) is 0 Å². The van der Waals surface area contributed by atoms with Crippen LogP contribution in [0.4, 0.5) is 11.4 Å². The molecule has 0 spiro atoms. The van der Waals surface area contributed by atoms with E-state index in [-0.39, 0.29) is 21.4 Å². The molecule has 0 aromatic heterocycles. The van der Waals surface area contributed by atoms with Gasteiger partial charge in [0.05, 0.1) is 4.92 Å². The minimum atomic E-state index is -0.346. The van der Waals surface area contributed by atoms with E-state index in [1.807, 2.05) is 13.0 Å². The number of nitro benzene ring substituents is 1. The number of nitro groups is 1. The van der Waals surface area contributed by atoms with Crippen LogP contribution in [-0.4, -0.2) is 11.0 Å². The molecule has 0 bridgehead atoms. The zero-order valence-corrected chi connectivity index (χ0v) is 11.6. The Morgan fingerprint density at radius 2 is 1.72 bits per heavy atom. The van der Waals surface area contributed by atoms with Crippen LogP contribution in [0.25, 0.3) is 0 Å². The van der Waals surface area contributed by atoms with Gasteiger partial charge in [0.25, 0.3) is 5.69 Å². The average molecular weight is 248 g/mol. The first kappa shape index (κ1) is 12.9. The molecule has 1 aliphatic rings. The molecule has 18 heavy (non-hydrogen) atoms. The molecule has 0 aliphatic heterocycles. The number of non-ortho nitro benzene ring substituents is 1. The summed E-state index contributed by atoms with van der Waals surface area (Å²) < 4.78 is 0. The standard InChI is InChI=1S/C14H20N2O2/c1-9-6-10(8-11(7-9)16(17)18)15-12-13(2,3)14(12,4)5/h6-8,12,15H,1-5H3. The number of rotatable bonds is 3. The lowest BCUT2D eigenvalue weighted by molar-refractivity contribution is -0.384. The van der Waals surface area contributed by atoms with Crippen LogP contribution in [-0.2, 0) is 0 Å². The molecule has 1 aromatic rings. The maximum Gasteiger partial charge on any atom is 0.271 e. The number of hydrogen-bond donors (Lipinski definition) is 1. The van der Waals surface area contributed by atoms with E-state index in [1.54, 1.807) is 12.1 Å². The minimum Gasteiger partial charge on any atom is -0.381 e. The molecule has 4 heteroatoms. The second kappa shape index (κ2) is 3.70. The Bertz CT molecular complexity index is 493. The molecule has 0 atom stereocenters. The highest BCUT2D eigenvalue weighted by molar-refractivity contribution is 5.56. The number of aryl methyl sites for hydroxylation is 1. The summed E-state index contributed by atoms with van der Waals surface area (Å²) in [7, 11) is 0. The smallest absolute Gasteiger partial charge is 0.271 e. The van der Waals surface area contributed by atoms with E-state index >= 15 is 0 Å². The number of nitrogens with one attached hydrogen (secondary N) is 1. The van der Waals surface area contributed by atoms with Gasteiger partial charge in [-0.2, -0.15) is 0 Å². The van der Waals surface area contributed by atoms with Gasteiger partial charge in [0.2, 0.25) is 0 Å². The van der Waals surface area contributed by atoms with Crippen molar-refractivity contribution in [3.63, 3.8) is 0 Å². The molecule has 1 N–H and O–H groups in total. The van der Waals surface area contributed by atoms with Crippen molar-refractivity contribution in [3.05, 3.63) is 33.9 Å². The predicted octanol–water partition coefficient (Wildman–Crippen LogP) is 3.75. The Hall–Kier alpha value is -1.58. The van der Waals surface area contributed by atoms with Crippen LogP contribution in [0.15, 0.2) is 18.2 Å². The number of nitrogens with zero attached hydrogens (tertiary/aromatic N) is 1. The third-order valence-corrected chi connectivity index (χ3v) is 4.60. The molecule has 0 unspecified atom stereocenters. The summed E-state index contributed by atoms with van der Waals surface area (Å²) in [6.07, 6.45) is 0. The fourth-order valence-electron chi connectivity index (χ4n) is 2.68. The average Bonchev–Trinajstić information content (AvgIpc) is 2.60. The molecule has 1 saturated carbocycles. The van der Waals surface area contributed by atoms with Crippen LogP contribution in [0.5, 0.6) is 0 Å². The Kier molecular flexibility index (Phi) is 2.65. The van der Waals surface area contributed by atoms with E-state index in [0.717, 1.165) is 11.3 Å². The zero-order valence-electron chi connectivity index (χ0n) is 11.6. The van der Waals surface area contributed by atoms with Gasteiger partial charge in [0, 0.05) is 23.9 Å². The molecule has 0 amide bonds. The first-order valence-corrected chi connectivity index (χ1v) is 6.19. The highest BCUT2D eigenvalue weighted by Crippen LogP contribution is 2.63. The minimum absolute atomic E-state index is 0.147. The molecule has 4 nitrogen and oxygen atoms in total. The lowest BCUT2D eigenvalue weighted by Crippen LogP contribution is -2.10. The molecular formula is C14H20N2O2. The first-order chi connectivity index (χ1) is 8.16. The quantitative estimate of drug-likeness (QED) is 0.654. The Labute approximate surface area is 108 Å². The van der Waals surface area contributed by atoms with Crippen LogP contribution >= 0.6 is 0 Å². The third kappa shape index (κ3) is 1.85. The van der Waals surface area contributed by atoms with Crippen LogP contribution in [0.2, 0.25) is 0 Å². The summed E-state index contributed by atoms with van der Waals surface area (Å²) >= 11 is 0. The van der Waals surface area contributed by atoms with Crippen molar-refractivity contribution in [2.24, 2.45) is 10.8 Å². The summed E-state index contributed by atoms with van der Waals surface area (Å²) in [5, 5.41) is 14.3. The van der Waals surface area contributed by atoms with Crippen molar-refractivity contribution >= 4 is 11.4 Å². The molecular weight excluding hydrogens is 228 g/mol. The maximum absolute atomic E-state index is 10.8. The molecule has 98 valence electrons. The van der Waals surface area contributed by atoms with E-state index in [1.165, 1.54) is 0 Å². The molecule has 1 aliphatic carbocycles. The predicted molar refractivity (Wildman–Crippen MR) is 72.8 cm³/mol. The van der Waals surface area contributed by atoms with E-state index < -0.39 is 0 Å². The molecule has 0 radical (unpaired) electrons. The van der Waals surface area contributed by atoms with Gasteiger partial charge in [-0.3, -0.25) is 10.1 Å². The van der Waals surface area contributed by atoms with Crippen molar-refractivity contribution < 1.29 is 4.92 Å². The van der Waals surface area contributed by atoms with Gasteiger partial charge in [0.15, 0.2) is 0 Å². The number of benzene rings is 1. The fourth-order valence-corrected chi connectivity index (χ4v) is 2.68. The second-order valence-corrected chi connectivity index (χ2v) is 6.34. The highest BCUT2D eigenvalue weighted by atomic mass is 16.6. The molecule has 0 heterocycles. The molecule has 0 saturated heterocycles. The van der Waals surface area contributed by atoms with Crippen molar-refractivity contribution in [2.45, 2.75) is 40.7 Å². The molecule has 1 aromatic carbocycles. The summed E-state index contributed by atoms with van der Waals surface area (Å²) in [4.78, 5) is 10.5. The Morgan fingerprint density at radius 1 is 1.17 bits per heavy atom. The summed E-state index contributed by atoms with van der Waals surface area (Å²) in [5.41, 5.74) is 2.32. The normalized spacial score (nSPS) is 20.5. The van der Waals surface area contributed by atoms with Crippen molar-refractivity contribution in [3.8, 4) is 0 Å². The van der Waals surface area contributed by atoms with Gasteiger partial charge < -0.3 is 5.32 Å². The van der Waals surface area contributed by atoms with Crippen LogP contribution in [0, 0.1) is 27.9 Å². The molecule has 2 rings (SSSR count). The van der Waals surface area contributed by atoms with Crippen LogP contribution in [0.1, 0.15) is 33.3 Å². The zero-order chi connectivity index (χ0) is 13.7. The van der Waals surface area contributed by atoms with Crippen molar-refractivity contribution in [1.29, 1.82) is 0 Å². The van der Waals surface area contributed by atoms with Crippen LogP contribution < -0.4 is 5.32 Å². The molecule has 1 fully saturated rings. The lowest BCUT2D eigenvalue weighted by Gasteiger charge is -2.09. The van der Waals surface area contributed by atoms with E-state index in [0.29, 0.717) is 6.04 Å². The lowest BCUT2D eigenvalue weighted by atomic mass is 10.0. The highest BCUT2D eigenvalue weighted by Gasteiger charge is 2.64. The monoisotopic (exact) mass is 248 g/mol. The van der Waals surface area contributed by atoms with E-state index in [2.05, 4.69) is 33.0 Å². The fraction of sp³-hybridized carbons (Fsp3) is 0.571. The summed E-state index contributed by atoms with van der Waals surface area (Å²) in [6, 6.07) is 5.51. The van der Waals surface area contributed by atoms with Gasteiger partial charge in [-0.05, 0) is 29.4 Å². The Balaban J connectivity index is 2.24. The second-order valence-electron chi connectivity index (χ2n) is 6.34. The Morgan fingerprint density at radius 3 is 2.17 bits per heavy atom. The van der Waals surface area contributed by atoms with Gasteiger partial charge in [-0.25, -0.2) is 0 Å². The first-order valence-electron chi connectivity index (χ1n) is 6.19. The van der Waals surface area contributed by atoms with Gasteiger partial charge in [0.1, 0.15) is 0 Å². The SMILES string of the molecule is Cc1cc(NC2C(C)(C)C2(C)C)cc([N+](=O)[O-])c1. The topological polar surface area (TPSA) is 55.2 Å². The van der Waals surface area contributed by atoms with Crippen LogP contribution in [0.3, 0.4) is 0 Å². The van der Waals surface area contributed by atoms with Gasteiger partial charge in [-0.15, -0.1) is 0 Å². The number of hydrogen-bond acceptors (Lipinski definition) is 3. The third-order valence-electron chi connectivity index (χ3n) is 4.60. The van der Waals surface area contributed by atoms with Gasteiger partial charge in [-0.1, -0.05) is 27.7 Å². The van der Waals surface area contributed by atoms with E-state index in [9.17, 15) is 10.1 Å². The maximum atomic E-state index is 10.8. The number of anilines is 1.